The topological polar surface area (TPSA) is 41.5 Å². The fourth-order valence-corrected chi connectivity index (χ4v) is 1.35. The number of nitrogens with one attached hydrogen (secondary N) is 1. The van der Waals surface area contributed by atoms with Gasteiger partial charge in [0.2, 0.25) is 0 Å². The van der Waals surface area contributed by atoms with E-state index in [1.54, 1.807) is 13.8 Å². The SMILES string of the molecule is CC(C)(O)OCCCNCc1ccccc1. The average Bonchev–Trinajstić information content (AvgIpc) is 2.23. The van der Waals surface area contributed by atoms with Crippen LogP contribution >= 0.6 is 0 Å². The van der Waals surface area contributed by atoms with Gasteiger partial charge in [-0.25, -0.2) is 0 Å². The lowest BCUT2D eigenvalue weighted by molar-refractivity contribution is -0.176. The number of ether oxygens (including phenoxy) is 1. The Morgan fingerprint density at radius 1 is 1.25 bits per heavy atom. The van der Waals surface area contributed by atoms with E-state index in [-0.39, 0.29) is 0 Å². The molecule has 90 valence electrons. The van der Waals surface area contributed by atoms with Crippen LogP contribution in [0.15, 0.2) is 30.3 Å². The molecule has 0 aliphatic rings. The maximum absolute atomic E-state index is 9.31. The zero-order valence-corrected chi connectivity index (χ0v) is 10.1. The van der Waals surface area contributed by atoms with Crippen LogP contribution in [0.2, 0.25) is 0 Å². The van der Waals surface area contributed by atoms with E-state index >= 15 is 0 Å². The second-order valence-electron chi connectivity index (χ2n) is 4.31. The molecule has 0 aliphatic carbocycles. The molecule has 0 aromatic heterocycles. The Kier molecular flexibility index (Phi) is 5.46. The summed E-state index contributed by atoms with van der Waals surface area (Å²) in [6.45, 7) is 5.63. The molecule has 0 aliphatic heterocycles. The molecule has 0 saturated heterocycles. The third-order valence-corrected chi connectivity index (χ3v) is 2.13. The first kappa shape index (κ1) is 13.2. The van der Waals surface area contributed by atoms with Crippen LogP contribution in [-0.4, -0.2) is 24.0 Å². The van der Waals surface area contributed by atoms with Gasteiger partial charge in [0.25, 0.3) is 0 Å². The van der Waals surface area contributed by atoms with Crippen LogP contribution < -0.4 is 5.32 Å². The Morgan fingerprint density at radius 3 is 2.56 bits per heavy atom. The van der Waals surface area contributed by atoms with E-state index in [9.17, 15) is 5.11 Å². The van der Waals surface area contributed by atoms with Gasteiger partial charge in [-0.15, -0.1) is 0 Å². The van der Waals surface area contributed by atoms with Crippen molar-refractivity contribution in [2.24, 2.45) is 0 Å². The molecule has 3 nitrogen and oxygen atoms in total. The quantitative estimate of drug-likeness (QED) is 0.548. The third-order valence-electron chi connectivity index (χ3n) is 2.13. The zero-order valence-electron chi connectivity index (χ0n) is 10.1. The van der Waals surface area contributed by atoms with Crippen molar-refractivity contribution in [3.05, 3.63) is 35.9 Å². The summed E-state index contributed by atoms with van der Waals surface area (Å²) in [4.78, 5) is 0. The molecule has 1 aromatic carbocycles. The van der Waals surface area contributed by atoms with Crippen LogP contribution in [0.5, 0.6) is 0 Å². The van der Waals surface area contributed by atoms with Gasteiger partial charge in [-0.1, -0.05) is 30.3 Å². The minimum atomic E-state index is -1.01. The zero-order chi connectivity index (χ0) is 11.9. The highest BCUT2D eigenvalue weighted by Crippen LogP contribution is 2.03. The molecule has 1 rings (SSSR count). The molecule has 0 fully saturated rings. The highest BCUT2D eigenvalue weighted by atomic mass is 16.6. The Bertz CT molecular complexity index is 280. The Labute approximate surface area is 97.4 Å². The lowest BCUT2D eigenvalue weighted by Gasteiger charge is -2.17. The molecule has 0 radical (unpaired) electrons. The highest BCUT2D eigenvalue weighted by molar-refractivity contribution is 5.14. The van der Waals surface area contributed by atoms with Gasteiger partial charge in [0.1, 0.15) is 0 Å². The normalized spacial score (nSPS) is 11.7. The summed E-state index contributed by atoms with van der Waals surface area (Å²) in [6.07, 6.45) is 0.900. The molecule has 0 spiro atoms. The largest absolute Gasteiger partial charge is 0.366 e. The minimum Gasteiger partial charge on any atom is -0.366 e. The molecule has 0 unspecified atom stereocenters. The molecular weight excluding hydrogens is 202 g/mol. The van der Waals surface area contributed by atoms with E-state index in [2.05, 4.69) is 17.4 Å². The van der Waals surface area contributed by atoms with Gasteiger partial charge in [-0.2, -0.15) is 0 Å². The number of rotatable bonds is 7. The fourth-order valence-electron chi connectivity index (χ4n) is 1.35. The Balaban J connectivity index is 2.01. The molecule has 16 heavy (non-hydrogen) atoms. The smallest absolute Gasteiger partial charge is 0.159 e. The van der Waals surface area contributed by atoms with Gasteiger partial charge in [0, 0.05) is 6.54 Å². The molecule has 0 heterocycles. The maximum atomic E-state index is 9.31. The molecule has 0 atom stereocenters. The van der Waals surface area contributed by atoms with Crippen molar-refractivity contribution in [3.63, 3.8) is 0 Å². The van der Waals surface area contributed by atoms with E-state index in [4.69, 9.17) is 4.74 Å². The Morgan fingerprint density at radius 2 is 1.94 bits per heavy atom. The van der Waals surface area contributed by atoms with Crippen molar-refractivity contribution in [2.75, 3.05) is 13.2 Å². The molecular formula is C13H21NO2. The second kappa shape index (κ2) is 6.63. The van der Waals surface area contributed by atoms with Crippen molar-refractivity contribution >= 4 is 0 Å². The van der Waals surface area contributed by atoms with E-state index in [0.717, 1.165) is 19.5 Å². The molecule has 3 heteroatoms. The first-order chi connectivity index (χ1) is 7.58. The summed E-state index contributed by atoms with van der Waals surface area (Å²) in [6, 6.07) is 10.3. The van der Waals surface area contributed by atoms with Gasteiger partial charge in [-0.3, -0.25) is 0 Å². The predicted octanol–water partition coefficient (Wildman–Crippen LogP) is 1.91. The van der Waals surface area contributed by atoms with Gasteiger partial charge >= 0.3 is 0 Å². The maximum Gasteiger partial charge on any atom is 0.159 e. The fraction of sp³-hybridized carbons (Fsp3) is 0.538. The minimum absolute atomic E-state index is 0.575. The summed E-state index contributed by atoms with van der Waals surface area (Å²) < 4.78 is 5.20. The van der Waals surface area contributed by atoms with Crippen molar-refractivity contribution in [2.45, 2.75) is 32.6 Å². The lowest BCUT2D eigenvalue weighted by atomic mass is 10.2. The van der Waals surface area contributed by atoms with Crippen molar-refractivity contribution in [1.82, 2.24) is 5.32 Å². The number of aliphatic hydroxyl groups is 1. The van der Waals surface area contributed by atoms with E-state index in [0.29, 0.717) is 6.61 Å². The van der Waals surface area contributed by atoms with E-state index in [1.165, 1.54) is 5.56 Å². The highest BCUT2D eigenvalue weighted by Gasteiger charge is 2.10. The second-order valence-corrected chi connectivity index (χ2v) is 4.31. The first-order valence-corrected chi connectivity index (χ1v) is 5.69. The molecule has 2 N–H and O–H groups in total. The van der Waals surface area contributed by atoms with Gasteiger partial charge in [-0.05, 0) is 32.4 Å². The van der Waals surface area contributed by atoms with Crippen LogP contribution in [-0.2, 0) is 11.3 Å². The number of hydrogen-bond donors (Lipinski definition) is 2. The van der Waals surface area contributed by atoms with Crippen molar-refractivity contribution in [1.29, 1.82) is 0 Å². The van der Waals surface area contributed by atoms with Crippen LogP contribution in [0.3, 0.4) is 0 Å². The molecule has 0 amide bonds. The van der Waals surface area contributed by atoms with Crippen molar-refractivity contribution in [3.8, 4) is 0 Å². The first-order valence-electron chi connectivity index (χ1n) is 5.69. The molecule has 1 aromatic rings. The van der Waals surface area contributed by atoms with E-state index in [1.807, 2.05) is 18.2 Å². The molecule has 0 bridgehead atoms. The number of hydrogen-bond acceptors (Lipinski definition) is 3. The Hall–Kier alpha value is -0.900. The summed E-state index contributed by atoms with van der Waals surface area (Å²) in [7, 11) is 0. The van der Waals surface area contributed by atoms with Crippen molar-refractivity contribution < 1.29 is 9.84 Å². The van der Waals surface area contributed by atoms with Gasteiger partial charge in [0.15, 0.2) is 5.79 Å². The monoisotopic (exact) mass is 223 g/mol. The summed E-state index contributed by atoms with van der Waals surface area (Å²) in [5.41, 5.74) is 1.28. The lowest BCUT2D eigenvalue weighted by Crippen LogP contribution is -2.25. The average molecular weight is 223 g/mol. The summed E-state index contributed by atoms with van der Waals surface area (Å²) >= 11 is 0. The summed E-state index contributed by atoms with van der Waals surface area (Å²) in [5, 5.41) is 12.6. The molecule has 0 saturated carbocycles. The van der Waals surface area contributed by atoms with Crippen LogP contribution in [0.4, 0.5) is 0 Å². The van der Waals surface area contributed by atoms with Crippen LogP contribution in [0.25, 0.3) is 0 Å². The van der Waals surface area contributed by atoms with Crippen LogP contribution in [0.1, 0.15) is 25.8 Å². The van der Waals surface area contributed by atoms with Crippen LogP contribution in [0, 0.1) is 0 Å². The summed E-state index contributed by atoms with van der Waals surface area (Å²) in [5.74, 6) is -1.01. The van der Waals surface area contributed by atoms with E-state index < -0.39 is 5.79 Å². The van der Waals surface area contributed by atoms with Gasteiger partial charge < -0.3 is 15.2 Å². The standard InChI is InChI=1S/C13H21NO2/c1-13(2,15)16-10-6-9-14-11-12-7-4-3-5-8-12/h3-5,7-8,14-15H,6,9-11H2,1-2H3. The van der Waals surface area contributed by atoms with Gasteiger partial charge in [0.05, 0.1) is 6.61 Å². The predicted molar refractivity (Wildman–Crippen MR) is 65.0 cm³/mol. The number of benzene rings is 1. The third kappa shape index (κ3) is 6.56.